The average molecular weight is 391 g/mol. The number of carbonyl (C=O) groups excluding carboxylic acids is 1. The molecule has 1 amide bonds. The Labute approximate surface area is 161 Å². The molecule has 6 nitrogen and oxygen atoms in total. The molecule has 27 heavy (non-hydrogen) atoms. The zero-order chi connectivity index (χ0) is 19.9. The average Bonchev–Trinajstić information content (AvgIpc) is 2.65. The summed E-state index contributed by atoms with van der Waals surface area (Å²) in [5.74, 6) is 0.324. The third-order valence-electron chi connectivity index (χ3n) is 3.87. The van der Waals surface area contributed by atoms with Crippen molar-refractivity contribution in [1.29, 1.82) is 0 Å². The van der Waals surface area contributed by atoms with Crippen molar-refractivity contribution >= 4 is 15.9 Å². The lowest BCUT2D eigenvalue weighted by atomic mass is 10.2. The van der Waals surface area contributed by atoms with Crippen molar-refractivity contribution in [3.63, 3.8) is 0 Å². The monoisotopic (exact) mass is 390 g/mol. The minimum absolute atomic E-state index is 0.00726. The molecule has 0 fully saturated rings. The highest BCUT2D eigenvalue weighted by Gasteiger charge is 2.18. The van der Waals surface area contributed by atoms with Crippen LogP contribution in [0.15, 0.2) is 59.5 Å². The number of likely N-dealkylation sites (N-methyl/N-ethyl adjacent to an activating group) is 1. The van der Waals surface area contributed by atoms with Crippen molar-refractivity contribution < 1.29 is 17.9 Å². The Morgan fingerprint density at radius 2 is 1.70 bits per heavy atom. The molecule has 2 aromatic rings. The molecule has 1 N–H and O–H groups in total. The van der Waals surface area contributed by atoms with Gasteiger partial charge in [0.25, 0.3) is 0 Å². The maximum Gasteiger partial charge on any atom is 0.241 e. The van der Waals surface area contributed by atoms with Gasteiger partial charge >= 0.3 is 0 Å². The van der Waals surface area contributed by atoms with Crippen molar-refractivity contribution in [3.05, 3.63) is 60.2 Å². The molecule has 0 saturated heterocycles. The van der Waals surface area contributed by atoms with Crippen LogP contribution in [-0.4, -0.2) is 38.4 Å². The van der Waals surface area contributed by atoms with Crippen LogP contribution in [0.3, 0.4) is 0 Å². The van der Waals surface area contributed by atoms with Gasteiger partial charge in [0.05, 0.1) is 17.5 Å². The molecule has 0 unspecified atom stereocenters. The molecule has 0 bridgehead atoms. The lowest BCUT2D eigenvalue weighted by Crippen LogP contribution is -2.39. The van der Waals surface area contributed by atoms with Gasteiger partial charge in [-0.05, 0) is 50.6 Å². The van der Waals surface area contributed by atoms with E-state index in [1.807, 2.05) is 51.1 Å². The summed E-state index contributed by atoms with van der Waals surface area (Å²) in [6, 6.07) is 15.7. The lowest BCUT2D eigenvalue weighted by molar-refractivity contribution is -0.130. The van der Waals surface area contributed by atoms with Crippen LogP contribution in [0.4, 0.5) is 0 Å². The molecule has 0 aliphatic heterocycles. The number of nitrogens with one attached hydrogen (secondary N) is 1. The zero-order valence-electron chi connectivity index (χ0n) is 15.9. The van der Waals surface area contributed by atoms with Crippen LogP contribution in [0.5, 0.6) is 5.75 Å². The van der Waals surface area contributed by atoms with Gasteiger partial charge in [-0.2, -0.15) is 0 Å². The second-order valence-corrected chi connectivity index (χ2v) is 8.12. The van der Waals surface area contributed by atoms with E-state index in [4.69, 9.17) is 4.74 Å². The lowest BCUT2D eigenvalue weighted by Gasteiger charge is -2.21. The summed E-state index contributed by atoms with van der Waals surface area (Å²) in [5.41, 5.74) is 0.997. The van der Waals surface area contributed by atoms with E-state index in [0.717, 1.165) is 5.56 Å². The number of benzene rings is 2. The van der Waals surface area contributed by atoms with E-state index in [9.17, 15) is 13.2 Å². The molecular formula is C20H26N2O4S. The second kappa shape index (κ2) is 9.53. The van der Waals surface area contributed by atoms with E-state index in [0.29, 0.717) is 18.8 Å². The highest BCUT2D eigenvalue weighted by atomic mass is 32.2. The maximum atomic E-state index is 12.4. The van der Waals surface area contributed by atoms with Crippen LogP contribution in [0.2, 0.25) is 0 Å². The molecular weight excluding hydrogens is 364 g/mol. The van der Waals surface area contributed by atoms with Gasteiger partial charge in [-0.15, -0.1) is 0 Å². The number of carbonyl (C=O) groups is 1. The first-order valence-corrected chi connectivity index (χ1v) is 10.4. The van der Waals surface area contributed by atoms with E-state index in [1.54, 1.807) is 17.0 Å². The fourth-order valence-electron chi connectivity index (χ4n) is 2.50. The second-order valence-electron chi connectivity index (χ2n) is 6.36. The Bertz CT molecular complexity index is 834. The number of sulfonamides is 1. The van der Waals surface area contributed by atoms with Crippen LogP contribution in [0.25, 0.3) is 0 Å². The molecule has 0 aliphatic carbocycles. The van der Waals surface area contributed by atoms with Crippen molar-refractivity contribution in [1.82, 2.24) is 9.62 Å². The van der Waals surface area contributed by atoms with Crippen molar-refractivity contribution in [2.24, 2.45) is 0 Å². The third kappa shape index (κ3) is 6.37. The van der Waals surface area contributed by atoms with E-state index in [2.05, 4.69) is 4.72 Å². The molecule has 0 radical (unpaired) electrons. The number of ether oxygens (including phenoxy) is 1. The topological polar surface area (TPSA) is 75.7 Å². The minimum atomic E-state index is -3.77. The first-order chi connectivity index (χ1) is 12.8. The molecule has 0 atom stereocenters. The molecule has 0 aromatic heterocycles. The molecule has 0 aliphatic rings. The summed E-state index contributed by atoms with van der Waals surface area (Å²) in [7, 11) is -3.77. The van der Waals surface area contributed by atoms with E-state index < -0.39 is 10.0 Å². The molecule has 2 aromatic carbocycles. The molecule has 0 saturated carbocycles. The predicted octanol–water partition coefficient (Wildman–Crippen LogP) is 2.80. The standard InChI is InChI=1S/C20H26N2O4S/c1-4-22(15-17-8-6-5-7-9-17)20(23)14-21-27(24,25)19-12-10-18(11-13-19)26-16(2)3/h5-13,16,21H,4,14-15H2,1-3H3. The summed E-state index contributed by atoms with van der Waals surface area (Å²) in [5, 5.41) is 0. The van der Waals surface area contributed by atoms with E-state index in [-0.39, 0.29) is 23.5 Å². The Morgan fingerprint density at radius 3 is 2.26 bits per heavy atom. The summed E-state index contributed by atoms with van der Waals surface area (Å²) < 4.78 is 32.7. The smallest absolute Gasteiger partial charge is 0.241 e. The van der Waals surface area contributed by atoms with Gasteiger partial charge in [0.2, 0.25) is 15.9 Å². The maximum absolute atomic E-state index is 12.4. The van der Waals surface area contributed by atoms with Gasteiger partial charge in [0.15, 0.2) is 0 Å². The van der Waals surface area contributed by atoms with Crippen LogP contribution in [0, 0.1) is 0 Å². The van der Waals surface area contributed by atoms with Gasteiger partial charge in [0.1, 0.15) is 5.75 Å². The number of nitrogens with zero attached hydrogens (tertiary/aromatic N) is 1. The Balaban J connectivity index is 1.97. The van der Waals surface area contributed by atoms with Crippen LogP contribution in [-0.2, 0) is 21.4 Å². The van der Waals surface area contributed by atoms with Gasteiger partial charge in [-0.1, -0.05) is 30.3 Å². The fourth-order valence-corrected chi connectivity index (χ4v) is 3.48. The fraction of sp³-hybridized carbons (Fsp3) is 0.350. The summed E-state index contributed by atoms with van der Waals surface area (Å²) >= 11 is 0. The minimum Gasteiger partial charge on any atom is -0.491 e. The Kier molecular flexibility index (Phi) is 7.38. The first-order valence-electron chi connectivity index (χ1n) is 8.90. The molecule has 2 rings (SSSR count). The van der Waals surface area contributed by atoms with Crippen molar-refractivity contribution in [2.75, 3.05) is 13.1 Å². The van der Waals surface area contributed by atoms with Crippen LogP contribution in [0.1, 0.15) is 26.3 Å². The number of rotatable bonds is 9. The van der Waals surface area contributed by atoms with Crippen LogP contribution >= 0.6 is 0 Å². The summed E-state index contributed by atoms with van der Waals surface area (Å²) in [4.78, 5) is 14.1. The van der Waals surface area contributed by atoms with Gasteiger partial charge in [-0.3, -0.25) is 4.79 Å². The van der Waals surface area contributed by atoms with Gasteiger partial charge < -0.3 is 9.64 Å². The summed E-state index contributed by atoms with van der Waals surface area (Å²) in [6.45, 7) is 6.31. The van der Waals surface area contributed by atoms with Crippen LogP contribution < -0.4 is 9.46 Å². The molecule has 146 valence electrons. The highest BCUT2D eigenvalue weighted by molar-refractivity contribution is 7.89. The molecule has 0 heterocycles. The van der Waals surface area contributed by atoms with E-state index >= 15 is 0 Å². The number of hydrogen-bond acceptors (Lipinski definition) is 4. The van der Waals surface area contributed by atoms with E-state index in [1.165, 1.54) is 12.1 Å². The van der Waals surface area contributed by atoms with Gasteiger partial charge in [-0.25, -0.2) is 13.1 Å². The SMILES string of the molecule is CCN(Cc1ccccc1)C(=O)CNS(=O)(=O)c1ccc(OC(C)C)cc1. The zero-order valence-corrected chi connectivity index (χ0v) is 16.7. The highest BCUT2D eigenvalue weighted by Crippen LogP contribution is 2.17. The third-order valence-corrected chi connectivity index (χ3v) is 5.29. The largest absolute Gasteiger partial charge is 0.491 e. The number of hydrogen-bond donors (Lipinski definition) is 1. The molecule has 0 spiro atoms. The van der Waals surface area contributed by atoms with Gasteiger partial charge in [0, 0.05) is 13.1 Å². The Hall–Kier alpha value is -2.38. The normalized spacial score (nSPS) is 11.4. The predicted molar refractivity (Wildman–Crippen MR) is 105 cm³/mol. The number of amides is 1. The summed E-state index contributed by atoms with van der Waals surface area (Å²) in [6.07, 6.45) is 0.00726. The quantitative estimate of drug-likeness (QED) is 0.714. The van der Waals surface area contributed by atoms with Crippen molar-refractivity contribution in [2.45, 2.75) is 38.3 Å². The van der Waals surface area contributed by atoms with Crippen molar-refractivity contribution in [3.8, 4) is 5.75 Å². The molecule has 7 heteroatoms. The first kappa shape index (κ1) is 20.9. The Morgan fingerprint density at radius 1 is 1.07 bits per heavy atom.